The summed E-state index contributed by atoms with van der Waals surface area (Å²) in [5.74, 6) is 0.747. The predicted molar refractivity (Wildman–Crippen MR) is 90.8 cm³/mol. The zero-order valence-corrected chi connectivity index (χ0v) is 14.0. The van der Waals surface area contributed by atoms with Gasteiger partial charge in [0.1, 0.15) is 4.99 Å². The summed E-state index contributed by atoms with van der Waals surface area (Å²) in [5, 5.41) is 12.2. The molecule has 2 heterocycles. The third-order valence-corrected chi connectivity index (χ3v) is 4.26. The molecule has 0 aliphatic carbocycles. The maximum atomic E-state index is 5.96. The molecular formula is C15H25N5S. The number of hydrogen-bond donors (Lipinski definition) is 2. The first-order valence-corrected chi connectivity index (χ1v) is 8.10. The Hall–Kier alpha value is -1.27. The number of nitrogens with one attached hydrogen (secondary N) is 1. The minimum absolute atomic E-state index is 0.378. The van der Waals surface area contributed by atoms with Crippen molar-refractivity contribution < 1.29 is 0 Å². The van der Waals surface area contributed by atoms with Gasteiger partial charge >= 0.3 is 0 Å². The number of aryl methyl sites for hydroxylation is 1. The lowest BCUT2D eigenvalue weighted by Gasteiger charge is -2.31. The molecule has 116 valence electrons. The number of hydrogen-bond acceptors (Lipinski definition) is 5. The van der Waals surface area contributed by atoms with E-state index in [1.165, 1.54) is 6.42 Å². The molecule has 1 fully saturated rings. The van der Waals surface area contributed by atoms with Crippen LogP contribution in [0.1, 0.15) is 43.5 Å². The molecule has 3 N–H and O–H groups in total. The van der Waals surface area contributed by atoms with Crippen LogP contribution in [0.2, 0.25) is 0 Å². The molecule has 1 aromatic heterocycles. The van der Waals surface area contributed by atoms with Gasteiger partial charge in [0.25, 0.3) is 0 Å². The maximum absolute atomic E-state index is 5.96. The third kappa shape index (κ3) is 3.68. The average molecular weight is 307 g/mol. The van der Waals surface area contributed by atoms with E-state index in [2.05, 4.69) is 41.3 Å². The van der Waals surface area contributed by atoms with Crippen molar-refractivity contribution in [3.63, 3.8) is 0 Å². The van der Waals surface area contributed by atoms with Crippen LogP contribution in [0.25, 0.3) is 0 Å². The summed E-state index contributed by atoms with van der Waals surface area (Å²) in [6.45, 7) is 6.35. The Balaban J connectivity index is 2.32. The van der Waals surface area contributed by atoms with Crippen LogP contribution < -0.4 is 11.1 Å². The molecule has 6 heteroatoms. The molecule has 2 rings (SSSR count). The van der Waals surface area contributed by atoms with E-state index in [4.69, 9.17) is 18.0 Å². The topological polar surface area (TPSA) is 67.1 Å². The van der Waals surface area contributed by atoms with Crippen LogP contribution in [0.3, 0.4) is 0 Å². The summed E-state index contributed by atoms with van der Waals surface area (Å²) in [7, 11) is 2.14. The van der Waals surface area contributed by atoms with Crippen LogP contribution in [0.4, 0.5) is 5.82 Å². The predicted octanol–water partition coefficient (Wildman–Crippen LogP) is 1.74. The molecule has 0 amide bonds. The first kappa shape index (κ1) is 16.1. The third-order valence-electron chi connectivity index (χ3n) is 4.06. The van der Waals surface area contributed by atoms with Gasteiger partial charge in [-0.25, -0.2) is 0 Å². The Labute approximate surface area is 132 Å². The van der Waals surface area contributed by atoms with E-state index in [0.717, 1.165) is 55.0 Å². The zero-order valence-electron chi connectivity index (χ0n) is 13.1. The second kappa shape index (κ2) is 7.13. The highest BCUT2D eigenvalue weighted by atomic mass is 32.1. The lowest BCUT2D eigenvalue weighted by atomic mass is 10.0. The van der Waals surface area contributed by atoms with Crippen LogP contribution >= 0.6 is 12.2 Å². The molecule has 1 aromatic rings. The van der Waals surface area contributed by atoms with Gasteiger partial charge in [0.05, 0.1) is 11.3 Å². The summed E-state index contributed by atoms with van der Waals surface area (Å²) in [4.78, 5) is 2.74. The van der Waals surface area contributed by atoms with Gasteiger partial charge < -0.3 is 16.0 Å². The van der Waals surface area contributed by atoms with E-state index in [1.807, 2.05) is 0 Å². The fraction of sp³-hybridized carbons (Fsp3) is 0.667. The second-order valence-electron chi connectivity index (χ2n) is 5.67. The van der Waals surface area contributed by atoms with Crippen LogP contribution in [0.15, 0.2) is 0 Å². The van der Waals surface area contributed by atoms with Gasteiger partial charge in [0, 0.05) is 12.6 Å². The molecule has 0 spiro atoms. The number of likely N-dealkylation sites (tertiary alicyclic amines) is 1. The SMILES string of the molecule is CCc1nnc(NC2CCCN(C)C2)c(C(N)=S)c1CC. The number of nitrogens with two attached hydrogens (primary N) is 1. The Kier molecular flexibility index (Phi) is 5.47. The molecule has 0 aromatic carbocycles. The van der Waals surface area contributed by atoms with Gasteiger partial charge in [-0.15, -0.1) is 5.10 Å². The van der Waals surface area contributed by atoms with Crippen molar-refractivity contribution in [3.05, 3.63) is 16.8 Å². The Morgan fingerprint density at radius 2 is 2.14 bits per heavy atom. The van der Waals surface area contributed by atoms with Crippen molar-refractivity contribution in [1.82, 2.24) is 15.1 Å². The van der Waals surface area contributed by atoms with E-state index in [0.29, 0.717) is 11.0 Å². The molecular weight excluding hydrogens is 282 g/mol. The largest absolute Gasteiger partial charge is 0.389 e. The van der Waals surface area contributed by atoms with Gasteiger partial charge in [-0.3, -0.25) is 0 Å². The number of nitrogens with zero attached hydrogens (tertiary/aromatic N) is 3. The van der Waals surface area contributed by atoms with E-state index in [-0.39, 0.29) is 0 Å². The molecule has 0 radical (unpaired) electrons. The standard InChI is InChI=1S/C15H25N5S/c1-4-11-12(5-2)18-19-15(13(11)14(16)21)17-10-7-6-8-20(3)9-10/h10H,4-9H2,1-3H3,(H2,16,21)(H,17,19). The molecule has 1 unspecified atom stereocenters. The molecule has 0 saturated carbocycles. The van der Waals surface area contributed by atoms with Gasteiger partial charge in [-0.1, -0.05) is 26.1 Å². The Morgan fingerprint density at radius 1 is 1.38 bits per heavy atom. The lowest BCUT2D eigenvalue weighted by molar-refractivity contribution is 0.260. The van der Waals surface area contributed by atoms with Crippen molar-refractivity contribution in [2.45, 2.75) is 45.6 Å². The average Bonchev–Trinajstić information content (AvgIpc) is 2.46. The van der Waals surface area contributed by atoms with Crippen molar-refractivity contribution in [3.8, 4) is 0 Å². The number of likely N-dealkylation sites (N-methyl/N-ethyl adjacent to an activating group) is 1. The Bertz CT molecular complexity index is 517. The molecule has 1 aliphatic heterocycles. The quantitative estimate of drug-likeness (QED) is 0.808. The summed E-state index contributed by atoms with van der Waals surface area (Å²) in [6, 6.07) is 0.378. The Morgan fingerprint density at radius 3 is 2.71 bits per heavy atom. The van der Waals surface area contributed by atoms with E-state index in [1.54, 1.807) is 0 Å². The first-order chi connectivity index (χ1) is 10.1. The number of piperidine rings is 1. The van der Waals surface area contributed by atoms with Crippen molar-refractivity contribution >= 4 is 23.0 Å². The normalized spacial score (nSPS) is 19.5. The van der Waals surface area contributed by atoms with Crippen molar-refractivity contribution in [1.29, 1.82) is 0 Å². The monoisotopic (exact) mass is 307 g/mol. The van der Waals surface area contributed by atoms with Crippen molar-refractivity contribution in [2.75, 3.05) is 25.5 Å². The van der Waals surface area contributed by atoms with Gasteiger partial charge in [0.15, 0.2) is 5.82 Å². The number of rotatable bonds is 5. The molecule has 21 heavy (non-hydrogen) atoms. The van der Waals surface area contributed by atoms with E-state index >= 15 is 0 Å². The van der Waals surface area contributed by atoms with Gasteiger partial charge in [0.2, 0.25) is 0 Å². The summed E-state index contributed by atoms with van der Waals surface area (Å²) < 4.78 is 0. The summed E-state index contributed by atoms with van der Waals surface area (Å²) in [6.07, 6.45) is 4.04. The molecule has 0 bridgehead atoms. The van der Waals surface area contributed by atoms with Crippen LogP contribution in [-0.2, 0) is 12.8 Å². The van der Waals surface area contributed by atoms with Crippen LogP contribution in [0, 0.1) is 0 Å². The highest BCUT2D eigenvalue weighted by molar-refractivity contribution is 7.80. The fourth-order valence-electron chi connectivity index (χ4n) is 3.02. The maximum Gasteiger partial charge on any atom is 0.159 e. The summed E-state index contributed by atoms with van der Waals surface area (Å²) >= 11 is 5.26. The highest BCUT2D eigenvalue weighted by Crippen LogP contribution is 2.23. The highest BCUT2D eigenvalue weighted by Gasteiger charge is 2.22. The van der Waals surface area contributed by atoms with Gasteiger partial charge in [-0.2, -0.15) is 5.10 Å². The van der Waals surface area contributed by atoms with E-state index in [9.17, 15) is 0 Å². The van der Waals surface area contributed by atoms with Crippen molar-refractivity contribution in [2.24, 2.45) is 5.73 Å². The molecule has 1 aliphatic rings. The second-order valence-corrected chi connectivity index (χ2v) is 6.11. The smallest absolute Gasteiger partial charge is 0.159 e. The number of anilines is 1. The number of aromatic nitrogens is 2. The van der Waals surface area contributed by atoms with Crippen LogP contribution in [-0.4, -0.2) is 46.3 Å². The minimum atomic E-state index is 0.378. The molecule has 1 atom stereocenters. The first-order valence-electron chi connectivity index (χ1n) is 7.70. The molecule has 1 saturated heterocycles. The van der Waals surface area contributed by atoms with Crippen LogP contribution in [0.5, 0.6) is 0 Å². The molecule has 5 nitrogen and oxygen atoms in total. The summed E-state index contributed by atoms with van der Waals surface area (Å²) in [5.41, 5.74) is 8.97. The number of thiocarbonyl (C=S) groups is 1. The van der Waals surface area contributed by atoms with Gasteiger partial charge in [-0.05, 0) is 44.8 Å². The minimum Gasteiger partial charge on any atom is -0.389 e. The lowest BCUT2D eigenvalue weighted by Crippen LogP contribution is -2.40. The zero-order chi connectivity index (χ0) is 15.4. The van der Waals surface area contributed by atoms with E-state index < -0.39 is 0 Å². The fourth-order valence-corrected chi connectivity index (χ4v) is 3.24.